The second-order valence-corrected chi connectivity index (χ2v) is 6.74. The molecular weight excluding hydrogens is 250 g/mol. The summed E-state index contributed by atoms with van der Waals surface area (Å²) in [5.74, 6) is -0.184. The van der Waals surface area contributed by atoms with Gasteiger partial charge in [-0.3, -0.25) is 4.90 Å². The number of esters is 1. The molecule has 0 N–H and O–H groups in total. The summed E-state index contributed by atoms with van der Waals surface area (Å²) < 4.78 is 4.93. The summed E-state index contributed by atoms with van der Waals surface area (Å²) in [5, 5.41) is 0. The van der Waals surface area contributed by atoms with E-state index in [2.05, 4.69) is 11.0 Å². The Morgan fingerprint density at radius 3 is 2.95 bits per heavy atom. The molecule has 3 heteroatoms. The van der Waals surface area contributed by atoms with Gasteiger partial charge in [-0.15, -0.1) is 0 Å². The summed E-state index contributed by atoms with van der Waals surface area (Å²) >= 11 is 0. The fraction of sp³-hybridized carbons (Fsp3) is 0.588. The number of likely N-dealkylation sites (tertiary alicyclic amines) is 1. The Morgan fingerprint density at radius 2 is 2.20 bits per heavy atom. The third-order valence-electron chi connectivity index (χ3n) is 5.33. The molecule has 20 heavy (non-hydrogen) atoms. The molecule has 0 radical (unpaired) electrons. The Labute approximate surface area is 119 Å². The summed E-state index contributed by atoms with van der Waals surface area (Å²) in [6.45, 7) is 2.46. The van der Waals surface area contributed by atoms with Crippen LogP contribution in [0.1, 0.15) is 40.7 Å². The maximum atomic E-state index is 11.9. The van der Waals surface area contributed by atoms with E-state index in [4.69, 9.17) is 4.74 Å². The topological polar surface area (TPSA) is 29.5 Å². The zero-order valence-corrected chi connectivity index (χ0v) is 12.0. The Bertz CT molecular complexity index is 564. The van der Waals surface area contributed by atoms with Crippen molar-refractivity contribution in [2.75, 3.05) is 20.2 Å². The number of methoxy groups -OCH3 is 1. The van der Waals surface area contributed by atoms with Crippen LogP contribution in [0, 0.1) is 5.41 Å². The van der Waals surface area contributed by atoms with Crippen molar-refractivity contribution in [1.29, 1.82) is 0 Å². The molecule has 0 amide bonds. The van der Waals surface area contributed by atoms with E-state index in [0.29, 0.717) is 5.41 Å². The number of hydrogen-bond donors (Lipinski definition) is 0. The predicted molar refractivity (Wildman–Crippen MR) is 76.8 cm³/mol. The van der Waals surface area contributed by atoms with E-state index in [0.717, 1.165) is 24.4 Å². The van der Waals surface area contributed by atoms with Crippen molar-refractivity contribution < 1.29 is 9.53 Å². The fourth-order valence-electron chi connectivity index (χ4n) is 4.16. The number of ether oxygens (including phenoxy) is 1. The molecule has 1 aromatic carbocycles. The Morgan fingerprint density at radius 1 is 1.35 bits per heavy atom. The molecule has 1 aliphatic heterocycles. The predicted octanol–water partition coefficient (Wildman–Crippen LogP) is 2.43. The Hall–Kier alpha value is -1.35. The fourth-order valence-corrected chi connectivity index (χ4v) is 4.16. The van der Waals surface area contributed by atoms with Crippen LogP contribution in [0.15, 0.2) is 18.2 Å². The molecule has 1 unspecified atom stereocenters. The van der Waals surface area contributed by atoms with Gasteiger partial charge in [0.15, 0.2) is 0 Å². The monoisotopic (exact) mass is 271 g/mol. The van der Waals surface area contributed by atoms with Gasteiger partial charge in [0, 0.05) is 12.6 Å². The van der Waals surface area contributed by atoms with Crippen LogP contribution in [-0.4, -0.2) is 37.1 Å². The van der Waals surface area contributed by atoms with E-state index in [1.807, 2.05) is 12.1 Å². The summed E-state index contributed by atoms with van der Waals surface area (Å²) in [5.41, 5.74) is 3.78. The second kappa shape index (κ2) is 4.32. The van der Waals surface area contributed by atoms with E-state index in [1.54, 1.807) is 0 Å². The molecule has 3 nitrogen and oxygen atoms in total. The summed E-state index contributed by atoms with van der Waals surface area (Å²) in [4.78, 5) is 14.6. The number of benzene rings is 1. The number of carbonyl (C=O) groups is 1. The number of rotatable bonds is 2. The number of nitrogens with zero attached hydrogens (tertiary/aromatic N) is 1. The standard InChI is InChI=1S/C17H21NO2/c1-20-16(19)14-4-2-3-12-9-17(10-15(12)14)7-8-18(11-17)13-5-6-13/h2-4,13H,5-11H2,1H3. The quantitative estimate of drug-likeness (QED) is 0.774. The average Bonchev–Trinajstić information content (AvgIpc) is 3.14. The van der Waals surface area contributed by atoms with Gasteiger partial charge in [0.05, 0.1) is 12.7 Å². The molecular formula is C17H21NO2. The summed E-state index contributed by atoms with van der Waals surface area (Å²) in [6.07, 6.45) is 6.24. The lowest BCUT2D eigenvalue weighted by Crippen LogP contribution is -2.29. The Balaban J connectivity index is 1.62. The van der Waals surface area contributed by atoms with E-state index in [1.165, 1.54) is 50.6 Å². The van der Waals surface area contributed by atoms with Gasteiger partial charge in [-0.25, -0.2) is 4.79 Å². The Kier molecular flexibility index (Phi) is 2.68. The molecule has 3 aliphatic rings. The zero-order valence-electron chi connectivity index (χ0n) is 12.0. The van der Waals surface area contributed by atoms with Crippen LogP contribution in [0.25, 0.3) is 0 Å². The minimum Gasteiger partial charge on any atom is -0.465 e. The van der Waals surface area contributed by atoms with E-state index in [-0.39, 0.29) is 5.97 Å². The minimum atomic E-state index is -0.184. The molecule has 2 fully saturated rings. The normalized spacial score (nSPS) is 28.9. The number of fused-ring (bicyclic) bond motifs is 1. The zero-order chi connectivity index (χ0) is 13.7. The molecule has 1 saturated heterocycles. The molecule has 0 bridgehead atoms. The summed E-state index contributed by atoms with van der Waals surface area (Å²) in [6, 6.07) is 6.96. The van der Waals surface area contributed by atoms with Crippen molar-refractivity contribution >= 4 is 5.97 Å². The smallest absolute Gasteiger partial charge is 0.338 e. The highest BCUT2D eigenvalue weighted by Crippen LogP contribution is 2.47. The average molecular weight is 271 g/mol. The van der Waals surface area contributed by atoms with Crippen LogP contribution in [0.2, 0.25) is 0 Å². The van der Waals surface area contributed by atoms with Crippen LogP contribution in [0.5, 0.6) is 0 Å². The SMILES string of the molecule is COC(=O)c1cccc2c1CC1(CCN(C3CC3)C1)C2. The lowest BCUT2D eigenvalue weighted by atomic mass is 9.84. The first-order valence-corrected chi connectivity index (χ1v) is 7.64. The molecule has 1 spiro atoms. The van der Waals surface area contributed by atoms with Crippen LogP contribution in [0.3, 0.4) is 0 Å². The number of hydrogen-bond acceptors (Lipinski definition) is 3. The van der Waals surface area contributed by atoms with E-state index in [9.17, 15) is 4.79 Å². The van der Waals surface area contributed by atoms with Gasteiger partial charge < -0.3 is 4.74 Å². The van der Waals surface area contributed by atoms with Gasteiger partial charge in [0.2, 0.25) is 0 Å². The molecule has 0 aromatic heterocycles. The number of carbonyl (C=O) groups excluding carboxylic acids is 1. The van der Waals surface area contributed by atoms with Crippen molar-refractivity contribution in [3.05, 3.63) is 34.9 Å². The van der Waals surface area contributed by atoms with Gasteiger partial charge >= 0.3 is 5.97 Å². The van der Waals surface area contributed by atoms with E-state index < -0.39 is 0 Å². The van der Waals surface area contributed by atoms with Gasteiger partial charge in [0.1, 0.15) is 0 Å². The summed E-state index contributed by atoms with van der Waals surface area (Å²) in [7, 11) is 1.47. The van der Waals surface area contributed by atoms with Crippen molar-refractivity contribution in [2.45, 2.75) is 38.1 Å². The van der Waals surface area contributed by atoms with Gasteiger partial charge in [-0.05, 0) is 61.3 Å². The first kappa shape index (κ1) is 12.4. The first-order valence-electron chi connectivity index (χ1n) is 7.64. The second-order valence-electron chi connectivity index (χ2n) is 6.74. The van der Waals surface area contributed by atoms with Crippen molar-refractivity contribution in [1.82, 2.24) is 4.90 Å². The van der Waals surface area contributed by atoms with Crippen LogP contribution >= 0.6 is 0 Å². The van der Waals surface area contributed by atoms with Crippen molar-refractivity contribution in [3.63, 3.8) is 0 Å². The van der Waals surface area contributed by atoms with Crippen molar-refractivity contribution in [3.8, 4) is 0 Å². The first-order chi connectivity index (χ1) is 9.71. The molecule has 1 aromatic rings. The van der Waals surface area contributed by atoms with Gasteiger partial charge in [-0.2, -0.15) is 0 Å². The van der Waals surface area contributed by atoms with Gasteiger partial charge in [0.25, 0.3) is 0 Å². The molecule has 1 saturated carbocycles. The largest absolute Gasteiger partial charge is 0.465 e. The van der Waals surface area contributed by atoms with Crippen LogP contribution in [0.4, 0.5) is 0 Å². The molecule has 106 valence electrons. The minimum absolute atomic E-state index is 0.184. The van der Waals surface area contributed by atoms with Crippen LogP contribution in [-0.2, 0) is 17.6 Å². The van der Waals surface area contributed by atoms with Crippen molar-refractivity contribution in [2.24, 2.45) is 5.41 Å². The third kappa shape index (κ3) is 1.87. The van der Waals surface area contributed by atoms with Gasteiger partial charge in [-0.1, -0.05) is 12.1 Å². The van der Waals surface area contributed by atoms with Crippen LogP contribution < -0.4 is 0 Å². The lowest BCUT2D eigenvalue weighted by Gasteiger charge is -2.23. The molecule has 2 aliphatic carbocycles. The maximum absolute atomic E-state index is 11.9. The highest BCUT2D eigenvalue weighted by Gasteiger charge is 2.46. The molecule has 1 heterocycles. The maximum Gasteiger partial charge on any atom is 0.338 e. The van der Waals surface area contributed by atoms with E-state index >= 15 is 0 Å². The molecule has 1 atom stereocenters. The highest BCUT2D eigenvalue weighted by atomic mass is 16.5. The third-order valence-corrected chi connectivity index (χ3v) is 5.33. The highest BCUT2D eigenvalue weighted by molar-refractivity contribution is 5.91. The lowest BCUT2D eigenvalue weighted by molar-refractivity contribution is 0.0599. The molecule has 4 rings (SSSR count).